The zero-order valence-corrected chi connectivity index (χ0v) is 29.6. The lowest BCUT2D eigenvalue weighted by Gasteiger charge is -2.29. The van der Waals surface area contributed by atoms with Gasteiger partial charge in [0.25, 0.3) is 0 Å². The van der Waals surface area contributed by atoms with Crippen molar-refractivity contribution in [1.82, 2.24) is 0 Å². The number of hydrogen-bond donors (Lipinski definition) is 0. The van der Waals surface area contributed by atoms with Crippen LogP contribution < -0.4 is 4.90 Å². The first-order valence-corrected chi connectivity index (χ1v) is 18.4. The highest BCUT2D eigenvalue weighted by molar-refractivity contribution is 6.14. The van der Waals surface area contributed by atoms with E-state index in [1.807, 2.05) is 6.07 Å². The Labute approximate surface area is 314 Å². The lowest BCUT2D eigenvalue weighted by atomic mass is 9.88. The molecule has 54 heavy (non-hydrogen) atoms. The van der Waals surface area contributed by atoms with Gasteiger partial charge in [-0.3, -0.25) is 0 Å². The van der Waals surface area contributed by atoms with Gasteiger partial charge in [-0.05, 0) is 92.2 Å². The minimum Gasteiger partial charge on any atom is -0.456 e. The zero-order chi connectivity index (χ0) is 35.8. The summed E-state index contributed by atoms with van der Waals surface area (Å²) in [7, 11) is 0. The molecule has 0 unspecified atom stereocenters. The quantitative estimate of drug-likeness (QED) is 0.166. The van der Waals surface area contributed by atoms with E-state index < -0.39 is 0 Å². The van der Waals surface area contributed by atoms with Crippen LogP contribution in [0, 0.1) is 0 Å². The van der Waals surface area contributed by atoms with Crippen LogP contribution in [0.15, 0.2) is 217 Å². The molecule has 2 heteroatoms. The van der Waals surface area contributed by atoms with Crippen molar-refractivity contribution in [2.75, 3.05) is 4.90 Å². The number of anilines is 3. The van der Waals surface area contributed by atoms with Gasteiger partial charge in [0, 0.05) is 16.6 Å². The van der Waals surface area contributed by atoms with Crippen molar-refractivity contribution in [1.29, 1.82) is 0 Å². The molecule has 0 N–H and O–H groups in total. The summed E-state index contributed by atoms with van der Waals surface area (Å²) in [5.41, 5.74) is 14.3. The van der Waals surface area contributed by atoms with E-state index in [1.54, 1.807) is 0 Å². The maximum absolute atomic E-state index is 6.47. The smallest absolute Gasteiger partial charge is 0.137 e. The van der Waals surface area contributed by atoms with E-state index in [0.717, 1.165) is 55.7 Å². The summed E-state index contributed by atoms with van der Waals surface area (Å²) >= 11 is 0. The third-order valence-corrected chi connectivity index (χ3v) is 10.5. The predicted molar refractivity (Wildman–Crippen MR) is 228 cm³/mol. The van der Waals surface area contributed by atoms with Gasteiger partial charge in [-0.15, -0.1) is 0 Å². The second kappa shape index (κ2) is 13.4. The van der Waals surface area contributed by atoms with E-state index in [4.69, 9.17) is 4.42 Å². The monoisotopic (exact) mass is 689 g/mol. The van der Waals surface area contributed by atoms with Crippen LogP contribution in [-0.4, -0.2) is 0 Å². The van der Waals surface area contributed by atoms with Crippen LogP contribution in [-0.2, 0) is 0 Å². The number of nitrogens with zero attached hydrogens (tertiary/aromatic N) is 1. The highest BCUT2D eigenvalue weighted by atomic mass is 16.3. The molecule has 2 nitrogen and oxygen atoms in total. The Morgan fingerprint density at radius 2 is 0.870 bits per heavy atom. The summed E-state index contributed by atoms with van der Waals surface area (Å²) in [5, 5.41) is 4.64. The molecular weight excluding hydrogens is 655 g/mol. The van der Waals surface area contributed by atoms with E-state index in [2.05, 4.69) is 211 Å². The van der Waals surface area contributed by atoms with Crippen LogP contribution >= 0.6 is 0 Å². The van der Waals surface area contributed by atoms with Gasteiger partial charge in [0.05, 0.1) is 16.8 Å². The fraction of sp³-hybridized carbons (Fsp3) is 0. The van der Waals surface area contributed by atoms with Gasteiger partial charge in [-0.2, -0.15) is 0 Å². The molecule has 9 aromatic carbocycles. The summed E-state index contributed by atoms with van der Waals surface area (Å²) in [6.07, 6.45) is 0. The van der Waals surface area contributed by atoms with Crippen molar-refractivity contribution in [3.63, 3.8) is 0 Å². The molecule has 10 rings (SSSR count). The van der Waals surface area contributed by atoms with Crippen LogP contribution in [0.4, 0.5) is 17.1 Å². The van der Waals surface area contributed by atoms with Crippen molar-refractivity contribution in [3.8, 4) is 44.5 Å². The summed E-state index contributed by atoms with van der Waals surface area (Å²) in [6, 6.07) is 76.0. The van der Waals surface area contributed by atoms with Gasteiger partial charge < -0.3 is 9.32 Å². The fourth-order valence-corrected chi connectivity index (χ4v) is 7.98. The summed E-state index contributed by atoms with van der Waals surface area (Å²) in [5.74, 6) is 0. The Morgan fingerprint density at radius 1 is 0.315 bits per heavy atom. The van der Waals surface area contributed by atoms with Crippen LogP contribution in [0.3, 0.4) is 0 Å². The molecule has 0 amide bonds. The largest absolute Gasteiger partial charge is 0.456 e. The average Bonchev–Trinajstić information content (AvgIpc) is 3.64. The van der Waals surface area contributed by atoms with Crippen molar-refractivity contribution in [3.05, 3.63) is 212 Å². The average molecular weight is 690 g/mol. The Kier molecular flexibility index (Phi) is 7.85. The Bertz CT molecular complexity index is 2960. The first-order chi connectivity index (χ1) is 26.8. The fourth-order valence-electron chi connectivity index (χ4n) is 7.98. The van der Waals surface area contributed by atoms with E-state index >= 15 is 0 Å². The van der Waals surface area contributed by atoms with Gasteiger partial charge in [-0.25, -0.2) is 0 Å². The van der Waals surface area contributed by atoms with E-state index in [0.29, 0.717) is 0 Å². The van der Waals surface area contributed by atoms with Crippen LogP contribution in [0.1, 0.15) is 0 Å². The molecule has 0 spiro atoms. The second-order valence-corrected chi connectivity index (χ2v) is 13.7. The standard InChI is InChI=1S/C52H35NO/c1-2-17-37(18-3-1)42-22-6-7-23-43(42)44-24-8-9-25-45(44)46-26-10-12-28-48(46)53(49-29-15-31-51-52(49)47-27-11-13-30-50(47)54-51)41-21-14-20-39(35-41)40-33-32-36-16-4-5-19-38(36)34-40/h1-35H. The maximum Gasteiger partial charge on any atom is 0.137 e. The third-order valence-electron chi connectivity index (χ3n) is 10.5. The molecule has 0 saturated heterocycles. The van der Waals surface area contributed by atoms with Crippen molar-refractivity contribution in [2.45, 2.75) is 0 Å². The Balaban J connectivity index is 1.22. The topological polar surface area (TPSA) is 16.4 Å². The van der Waals surface area contributed by atoms with Gasteiger partial charge >= 0.3 is 0 Å². The van der Waals surface area contributed by atoms with Gasteiger partial charge in [-0.1, -0.05) is 170 Å². The van der Waals surface area contributed by atoms with Crippen molar-refractivity contribution < 1.29 is 4.42 Å². The number of fused-ring (bicyclic) bond motifs is 4. The molecule has 0 bridgehead atoms. The molecule has 0 radical (unpaired) electrons. The molecule has 254 valence electrons. The molecule has 0 atom stereocenters. The predicted octanol–water partition coefficient (Wildman–Crippen LogP) is 14.9. The number of furan rings is 1. The van der Waals surface area contributed by atoms with E-state index in [-0.39, 0.29) is 0 Å². The Hall–Kier alpha value is -7.16. The maximum atomic E-state index is 6.47. The minimum absolute atomic E-state index is 0.860. The lowest BCUT2D eigenvalue weighted by Crippen LogP contribution is -2.12. The zero-order valence-electron chi connectivity index (χ0n) is 29.6. The number of rotatable bonds is 7. The SMILES string of the molecule is c1ccc(-c2ccccc2-c2ccccc2-c2ccccc2N(c2cccc(-c3ccc4ccccc4c3)c2)c2cccc3oc4ccccc4c23)cc1. The van der Waals surface area contributed by atoms with Gasteiger partial charge in [0.15, 0.2) is 0 Å². The molecule has 0 aliphatic heterocycles. The normalized spacial score (nSPS) is 11.3. The molecule has 0 fully saturated rings. The highest BCUT2D eigenvalue weighted by Crippen LogP contribution is 2.48. The van der Waals surface area contributed by atoms with E-state index in [9.17, 15) is 0 Å². The van der Waals surface area contributed by atoms with Gasteiger partial charge in [0.2, 0.25) is 0 Å². The van der Waals surface area contributed by atoms with E-state index in [1.165, 1.54) is 38.6 Å². The summed E-state index contributed by atoms with van der Waals surface area (Å²) in [4.78, 5) is 2.42. The summed E-state index contributed by atoms with van der Waals surface area (Å²) in [6.45, 7) is 0. The third kappa shape index (κ3) is 5.53. The van der Waals surface area contributed by atoms with Crippen LogP contribution in [0.25, 0.3) is 77.2 Å². The number of para-hydroxylation sites is 2. The number of hydrogen-bond acceptors (Lipinski definition) is 2. The van der Waals surface area contributed by atoms with Crippen molar-refractivity contribution >= 4 is 49.8 Å². The van der Waals surface area contributed by atoms with Crippen LogP contribution in [0.5, 0.6) is 0 Å². The first-order valence-electron chi connectivity index (χ1n) is 18.4. The molecule has 10 aromatic rings. The van der Waals surface area contributed by atoms with Crippen molar-refractivity contribution in [2.24, 2.45) is 0 Å². The minimum atomic E-state index is 0.860. The van der Waals surface area contributed by atoms with Crippen LogP contribution in [0.2, 0.25) is 0 Å². The molecular formula is C52H35NO. The molecule has 1 aromatic heterocycles. The number of benzene rings is 9. The molecule has 0 aliphatic rings. The highest BCUT2D eigenvalue weighted by Gasteiger charge is 2.23. The second-order valence-electron chi connectivity index (χ2n) is 13.7. The molecule has 0 aliphatic carbocycles. The lowest BCUT2D eigenvalue weighted by molar-refractivity contribution is 0.669. The Morgan fingerprint density at radius 3 is 1.70 bits per heavy atom. The summed E-state index contributed by atoms with van der Waals surface area (Å²) < 4.78 is 6.47. The molecule has 0 saturated carbocycles. The molecule has 1 heterocycles. The first kappa shape index (κ1) is 31.6. The van der Waals surface area contributed by atoms with Gasteiger partial charge in [0.1, 0.15) is 11.2 Å².